The van der Waals surface area contributed by atoms with Crippen LogP contribution in [0.25, 0.3) is 0 Å². The lowest BCUT2D eigenvalue weighted by Gasteiger charge is -2.33. The van der Waals surface area contributed by atoms with E-state index in [0.29, 0.717) is 10.7 Å². The summed E-state index contributed by atoms with van der Waals surface area (Å²) in [7, 11) is 0. The summed E-state index contributed by atoms with van der Waals surface area (Å²) >= 11 is 6.12. The average molecular weight is 267 g/mol. The first kappa shape index (κ1) is 13.4. The number of anilines is 1. The molecule has 2 rings (SSSR count). The molecule has 1 saturated heterocycles. The van der Waals surface area contributed by atoms with Gasteiger partial charge in [0.05, 0.1) is 16.2 Å². The molecule has 1 aromatic rings. The quantitative estimate of drug-likeness (QED) is 0.864. The van der Waals surface area contributed by atoms with Gasteiger partial charge in [0.2, 0.25) is 5.91 Å². The summed E-state index contributed by atoms with van der Waals surface area (Å²) in [5.41, 5.74) is 1.28. The predicted molar refractivity (Wildman–Crippen MR) is 75.1 cm³/mol. The lowest BCUT2D eigenvalue weighted by atomic mass is 9.90. The number of halogens is 1. The molecule has 2 N–H and O–H groups in total. The van der Waals surface area contributed by atoms with Crippen LogP contribution in [0.2, 0.25) is 5.02 Å². The first-order valence-corrected chi connectivity index (χ1v) is 6.72. The van der Waals surface area contributed by atoms with E-state index in [1.165, 1.54) is 0 Å². The van der Waals surface area contributed by atoms with E-state index in [9.17, 15) is 4.79 Å². The second-order valence-corrected chi connectivity index (χ2v) is 5.56. The Morgan fingerprint density at radius 2 is 2.22 bits per heavy atom. The van der Waals surface area contributed by atoms with Gasteiger partial charge >= 0.3 is 0 Å². The molecule has 3 nitrogen and oxygen atoms in total. The number of hydrogen-bond acceptors (Lipinski definition) is 2. The second kappa shape index (κ2) is 5.29. The van der Waals surface area contributed by atoms with Crippen LogP contribution < -0.4 is 10.6 Å². The van der Waals surface area contributed by atoms with Crippen molar-refractivity contribution < 1.29 is 4.79 Å². The van der Waals surface area contributed by atoms with Crippen molar-refractivity contribution >= 4 is 23.2 Å². The summed E-state index contributed by atoms with van der Waals surface area (Å²) < 4.78 is 0. The molecule has 0 spiro atoms. The Morgan fingerprint density at radius 1 is 1.44 bits per heavy atom. The maximum atomic E-state index is 12.3. The lowest BCUT2D eigenvalue weighted by Crippen LogP contribution is -2.54. The molecule has 18 heavy (non-hydrogen) atoms. The Bertz CT molecular complexity index is 453. The third-order valence-electron chi connectivity index (χ3n) is 3.49. The van der Waals surface area contributed by atoms with Crippen LogP contribution in [-0.4, -0.2) is 18.0 Å². The highest BCUT2D eigenvalue weighted by Gasteiger charge is 2.34. The van der Waals surface area contributed by atoms with Crippen LogP contribution in [0, 0.1) is 6.92 Å². The van der Waals surface area contributed by atoms with Crippen LogP contribution in [0.5, 0.6) is 0 Å². The number of nitrogens with one attached hydrogen (secondary N) is 2. The molecule has 0 bridgehead atoms. The van der Waals surface area contributed by atoms with Crippen LogP contribution in [-0.2, 0) is 4.79 Å². The normalized spacial score (nSPS) is 23.7. The minimum absolute atomic E-state index is 0.00652. The van der Waals surface area contributed by atoms with E-state index < -0.39 is 5.54 Å². The smallest absolute Gasteiger partial charge is 0.244 e. The van der Waals surface area contributed by atoms with Crippen molar-refractivity contribution in [2.45, 2.75) is 38.6 Å². The summed E-state index contributed by atoms with van der Waals surface area (Å²) in [6.07, 6.45) is 3.08. The third-order valence-corrected chi connectivity index (χ3v) is 3.81. The fraction of sp³-hybridized carbons (Fsp3) is 0.500. The molecule has 0 saturated carbocycles. The summed E-state index contributed by atoms with van der Waals surface area (Å²) in [5.74, 6) is -0.00652. The number of carbonyl (C=O) groups is 1. The van der Waals surface area contributed by atoms with Gasteiger partial charge in [-0.3, -0.25) is 4.79 Å². The van der Waals surface area contributed by atoms with Crippen LogP contribution in [0.1, 0.15) is 31.7 Å². The van der Waals surface area contributed by atoms with Gasteiger partial charge in [-0.25, -0.2) is 0 Å². The van der Waals surface area contributed by atoms with Gasteiger partial charge in [-0.15, -0.1) is 0 Å². The minimum Gasteiger partial charge on any atom is -0.323 e. The SMILES string of the molecule is Cc1ccc(NC(=O)C2(C)CCCCN2)c(Cl)c1. The molecule has 1 unspecified atom stereocenters. The molecule has 1 atom stereocenters. The molecule has 1 aliphatic rings. The largest absolute Gasteiger partial charge is 0.323 e. The van der Waals surface area contributed by atoms with Gasteiger partial charge in [-0.2, -0.15) is 0 Å². The Morgan fingerprint density at radius 3 is 2.83 bits per heavy atom. The fourth-order valence-electron chi connectivity index (χ4n) is 2.23. The molecular weight excluding hydrogens is 248 g/mol. The van der Waals surface area contributed by atoms with Crippen LogP contribution in [0.4, 0.5) is 5.69 Å². The standard InChI is InChI=1S/C14H19ClN2O/c1-10-5-6-12(11(15)9-10)17-13(18)14(2)7-3-4-8-16-14/h5-6,9,16H,3-4,7-8H2,1-2H3,(H,17,18). The Balaban J connectivity index is 2.11. The van der Waals surface area contributed by atoms with Gasteiger partial charge in [0.25, 0.3) is 0 Å². The van der Waals surface area contributed by atoms with Crippen molar-refractivity contribution in [3.05, 3.63) is 28.8 Å². The van der Waals surface area contributed by atoms with E-state index >= 15 is 0 Å². The molecule has 1 aromatic carbocycles. The van der Waals surface area contributed by atoms with Gasteiger partial charge in [-0.1, -0.05) is 17.7 Å². The van der Waals surface area contributed by atoms with Gasteiger partial charge in [-0.05, 0) is 57.4 Å². The molecule has 0 aromatic heterocycles. The average Bonchev–Trinajstić information content (AvgIpc) is 2.33. The van der Waals surface area contributed by atoms with Gasteiger partial charge in [0.15, 0.2) is 0 Å². The number of benzene rings is 1. The van der Waals surface area contributed by atoms with E-state index in [-0.39, 0.29) is 5.91 Å². The zero-order valence-corrected chi connectivity index (χ0v) is 11.6. The third kappa shape index (κ3) is 2.85. The van der Waals surface area contributed by atoms with Crippen molar-refractivity contribution in [1.82, 2.24) is 5.32 Å². The van der Waals surface area contributed by atoms with E-state index in [1.54, 1.807) is 0 Å². The summed E-state index contributed by atoms with van der Waals surface area (Å²) in [5, 5.41) is 6.79. The van der Waals surface area contributed by atoms with E-state index in [4.69, 9.17) is 11.6 Å². The second-order valence-electron chi connectivity index (χ2n) is 5.15. The molecule has 0 radical (unpaired) electrons. The number of hydrogen-bond donors (Lipinski definition) is 2. The lowest BCUT2D eigenvalue weighted by molar-refractivity contribution is -0.122. The number of amides is 1. The highest BCUT2D eigenvalue weighted by Crippen LogP contribution is 2.26. The Hall–Kier alpha value is -1.06. The number of carbonyl (C=O) groups excluding carboxylic acids is 1. The van der Waals surface area contributed by atoms with Crippen molar-refractivity contribution in [2.24, 2.45) is 0 Å². The van der Waals surface area contributed by atoms with Crippen molar-refractivity contribution in [2.75, 3.05) is 11.9 Å². The molecule has 1 amide bonds. The number of rotatable bonds is 2. The minimum atomic E-state index is -0.480. The van der Waals surface area contributed by atoms with E-state index in [1.807, 2.05) is 32.0 Å². The molecule has 1 fully saturated rings. The topological polar surface area (TPSA) is 41.1 Å². The van der Waals surface area contributed by atoms with E-state index in [0.717, 1.165) is 31.4 Å². The molecule has 4 heteroatoms. The fourth-order valence-corrected chi connectivity index (χ4v) is 2.51. The molecular formula is C14H19ClN2O. The van der Waals surface area contributed by atoms with Gasteiger partial charge < -0.3 is 10.6 Å². The molecule has 0 aliphatic carbocycles. The number of piperidine rings is 1. The van der Waals surface area contributed by atoms with Crippen LogP contribution >= 0.6 is 11.6 Å². The van der Waals surface area contributed by atoms with Gasteiger partial charge in [0, 0.05) is 0 Å². The monoisotopic (exact) mass is 266 g/mol. The summed E-state index contributed by atoms with van der Waals surface area (Å²) in [6, 6.07) is 5.65. The molecule has 1 aliphatic heterocycles. The summed E-state index contributed by atoms with van der Waals surface area (Å²) in [4.78, 5) is 12.3. The van der Waals surface area contributed by atoms with Crippen molar-refractivity contribution in [1.29, 1.82) is 0 Å². The maximum Gasteiger partial charge on any atom is 0.244 e. The van der Waals surface area contributed by atoms with Gasteiger partial charge in [0.1, 0.15) is 0 Å². The zero-order valence-electron chi connectivity index (χ0n) is 10.8. The number of aryl methyl sites for hydroxylation is 1. The van der Waals surface area contributed by atoms with Crippen LogP contribution in [0.3, 0.4) is 0 Å². The first-order chi connectivity index (χ1) is 8.51. The molecule has 1 heterocycles. The van der Waals surface area contributed by atoms with Crippen molar-refractivity contribution in [3.8, 4) is 0 Å². The molecule has 98 valence electrons. The van der Waals surface area contributed by atoms with Crippen LogP contribution in [0.15, 0.2) is 18.2 Å². The highest BCUT2D eigenvalue weighted by atomic mass is 35.5. The summed E-state index contributed by atoms with van der Waals surface area (Å²) in [6.45, 7) is 4.82. The highest BCUT2D eigenvalue weighted by molar-refractivity contribution is 6.33. The predicted octanol–water partition coefficient (Wildman–Crippen LogP) is 3.12. The zero-order chi connectivity index (χ0) is 13.2. The van der Waals surface area contributed by atoms with E-state index in [2.05, 4.69) is 10.6 Å². The van der Waals surface area contributed by atoms with Crippen molar-refractivity contribution in [3.63, 3.8) is 0 Å². The Labute approximate surface area is 113 Å². The Kier molecular flexibility index (Phi) is 3.93. The first-order valence-electron chi connectivity index (χ1n) is 6.34. The maximum absolute atomic E-state index is 12.3.